The zero-order chi connectivity index (χ0) is 17.1. The van der Waals surface area contributed by atoms with Crippen molar-refractivity contribution >= 4 is 12.0 Å². The molecule has 1 saturated carbocycles. The summed E-state index contributed by atoms with van der Waals surface area (Å²) in [5.74, 6) is -0.437. The van der Waals surface area contributed by atoms with Gasteiger partial charge in [0.25, 0.3) is 0 Å². The number of carboxylic acid groups (broad SMARTS) is 1. The first-order chi connectivity index (χ1) is 11.5. The van der Waals surface area contributed by atoms with Gasteiger partial charge in [-0.15, -0.1) is 0 Å². The molecular weight excluding hydrogens is 308 g/mol. The van der Waals surface area contributed by atoms with Crippen molar-refractivity contribution in [3.05, 3.63) is 35.4 Å². The van der Waals surface area contributed by atoms with Crippen LogP contribution in [0.25, 0.3) is 0 Å². The van der Waals surface area contributed by atoms with Crippen LogP contribution < -0.4 is 0 Å². The third-order valence-corrected chi connectivity index (χ3v) is 4.56. The number of aryl methyl sites for hydroxylation is 1. The number of carbonyl (C=O) groups is 2. The molecule has 1 saturated heterocycles. The summed E-state index contributed by atoms with van der Waals surface area (Å²) in [6.45, 7) is 3.60. The fraction of sp³-hybridized carbons (Fsp3) is 0.556. The summed E-state index contributed by atoms with van der Waals surface area (Å²) in [5.41, 5.74) is 2.03. The summed E-state index contributed by atoms with van der Waals surface area (Å²) in [5, 5.41) is 9.18. The normalized spacial score (nSPS) is 20.7. The van der Waals surface area contributed by atoms with E-state index in [1.807, 2.05) is 31.2 Å². The molecule has 1 aromatic carbocycles. The van der Waals surface area contributed by atoms with Crippen LogP contribution in [-0.2, 0) is 16.1 Å². The summed E-state index contributed by atoms with van der Waals surface area (Å²) in [6.07, 6.45) is 2.43. The number of carbonyl (C=O) groups excluding carboxylic acids is 1. The molecule has 1 unspecified atom stereocenters. The second-order valence-electron chi connectivity index (χ2n) is 6.71. The van der Waals surface area contributed by atoms with Crippen molar-refractivity contribution in [2.75, 3.05) is 26.2 Å². The van der Waals surface area contributed by atoms with Gasteiger partial charge in [0.05, 0.1) is 12.7 Å². The number of nitrogens with zero attached hydrogens (tertiary/aromatic N) is 2. The van der Waals surface area contributed by atoms with E-state index in [1.165, 1.54) is 4.90 Å². The second kappa shape index (κ2) is 7.21. The highest BCUT2D eigenvalue weighted by Crippen LogP contribution is 2.35. The molecule has 2 fully saturated rings. The van der Waals surface area contributed by atoms with E-state index in [-0.39, 0.29) is 18.7 Å². The molecule has 0 aromatic heterocycles. The molecule has 1 aliphatic carbocycles. The molecule has 24 heavy (non-hydrogen) atoms. The van der Waals surface area contributed by atoms with Gasteiger partial charge in [0, 0.05) is 19.6 Å². The molecular formula is C18H24N2O4. The van der Waals surface area contributed by atoms with E-state index in [1.54, 1.807) is 4.90 Å². The first-order valence-electron chi connectivity index (χ1n) is 8.45. The highest BCUT2D eigenvalue weighted by molar-refractivity contribution is 5.80. The third kappa shape index (κ3) is 4.26. The Morgan fingerprint density at radius 3 is 2.83 bits per heavy atom. The Kier molecular flexibility index (Phi) is 5.04. The SMILES string of the molecule is Cc1cccc(CN(CC(=O)O)C(=O)N2CCOC(C3CC3)C2)c1. The van der Waals surface area contributed by atoms with E-state index < -0.39 is 5.97 Å². The number of rotatable bonds is 5. The standard InChI is InChI=1S/C18H24N2O4/c1-13-3-2-4-14(9-13)10-20(12-17(21)22)18(23)19-7-8-24-16(11-19)15-5-6-15/h2-4,9,15-16H,5-8,10-12H2,1H3,(H,21,22). The van der Waals surface area contributed by atoms with Crippen LogP contribution in [0.5, 0.6) is 0 Å². The molecule has 1 heterocycles. The molecule has 0 radical (unpaired) electrons. The van der Waals surface area contributed by atoms with Crippen molar-refractivity contribution in [1.82, 2.24) is 9.80 Å². The van der Waals surface area contributed by atoms with Gasteiger partial charge in [-0.05, 0) is 31.2 Å². The molecule has 1 aliphatic heterocycles. The largest absolute Gasteiger partial charge is 0.480 e. The lowest BCUT2D eigenvalue weighted by molar-refractivity contribution is -0.138. The first kappa shape index (κ1) is 16.8. The summed E-state index contributed by atoms with van der Waals surface area (Å²) in [6, 6.07) is 7.59. The maximum atomic E-state index is 12.8. The van der Waals surface area contributed by atoms with Crippen molar-refractivity contribution in [3.8, 4) is 0 Å². The summed E-state index contributed by atoms with van der Waals surface area (Å²) in [7, 11) is 0. The number of carboxylic acids is 1. The fourth-order valence-electron chi connectivity index (χ4n) is 3.19. The van der Waals surface area contributed by atoms with Gasteiger partial charge in [-0.2, -0.15) is 0 Å². The van der Waals surface area contributed by atoms with Crippen LogP contribution in [0.1, 0.15) is 24.0 Å². The molecule has 6 nitrogen and oxygen atoms in total. The number of aliphatic carboxylic acids is 1. The minimum Gasteiger partial charge on any atom is -0.480 e. The van der Waals surface area contributed by atoms with E-state index in [0.717, 1.165) is 24.0 Å². The van der Waals surface area contributed by atoms with E-state index >= 15 is 0 Å². The number of benzene rings is 1. The third-order valence-electron chi connectivity index (χ3n) is 4.56. The van der Waals surface area contributed by atoms with Crippen molar-refractivity contribution in [3.63, 3.8) is 0 Å². The number of hydrogen-bond acceptors (Lipinski definition) is 3. The van der Waals surface area contributed by atoms with E-state index in [9.17, 15) is 14.7 Å². The smallest absolute Gasteiger partial charge is 0.323 e. The molecule has 1 atom stereocenters. The van der Waals surface area contributed by atoms with Crippen molar-refractivity contribution in [1.29, 1.82) is 0 Å². The highest BCUT2D eigenvalue weighted by atomic mass is 16.5. The molecule has 3 rings (SSSR count). The topological polar surface area (TPSA) is 70.1 Å². The Labute approximate surface area is 142 Å². The van der Waals surface area contributed by atoms with Gasteiger partial charge in [0.15, 0.2) is 0 Å². The Morgan fingerprint density at radius 1 is 1.38 bits per heavy atom. The molecule has 2 amide bonds. The lowest BCUT2D eigenvalue weighted by Gasteiger charge is -2.36. The predicted molar refractivity (Wildman–Crippen MR) is 88.7 cm³/mol. The number of amides is 2. The van der Waals surface area contributed by atoms with E-state index in [4.69, 9.17) is 4.74 Å². The number of urea groups is 1. The summed E-state index contributed by atoms with van der Waals surface area (Å²) < 4.78 is 5.75. The van der Waals surface area contributed by atoms with Gasteiger partial charge in [0.1, 0.15) is 6.54 Å². The lowest BCUT2D eigenvalue weighted by Crippen LogP contribution is -2.52. The summed E-state index contributed by atoms with van der Waals surface area (Å²) in [4.78, 5) is 27.2. The minimum absolute atomic E-state index is 0.105. The minimum atomic E-state index is -0.997. The van der Waals surface area contributed by atoms with Gasteiger partial charge in [-0.25, -0.2) is 4.79 Å². The van der Waals surface area contributed by atoms with Gasteiger partial charge >= 0.3 is 12.0 Å². The van der Waals surface area contributed by atoms with Gasteiger partial charge in [-0.1, -0.05) is 29.8 Å². The van der Waals surface area contributed by atoms with Crippen LogP contribution in [0.3, 0.4) is 0 Å². The van der Waals surface area contributed by atoms with Crippen LogP contribution in [-0.4, -0.2) is 59.3 Å². The zero-order valence-electron chi connectivity index (χ0n) is 14.0. The maximum Gasteiger partial charge on any atom is 0.323 e. The van der Waals surface area contributed by atoms with E-state index in [2.05, 4.69) is 0 Å². The van der Waals surface area contributed by atoms with Crippen molar-refractivity contribution in [2.24, 2.45) is 5.92 Å². The van der Waals surface area contributed by atoms with Crippen LogP contribution in [0.2, 0.25) is 0 Å². The second-order valence-corrected chi connectivity index (χ2v) is 6.71. The Bertz CT molecular complexity index is 615. The maximum absolute atomic E-state index is 12.8. The molecule has 0 bridgehead atoms. The first-order valence-corrected chi connectivity index (χ1v) is 8.45. The van der Waals surface area contributed by atoms with E-state index in [0.29, 0.717) is 32.2 Å². The average molecular weight is 332 g/mol. The molecule has 0 spiro atoms. The molecule has 1 aromatic rings. The van der Waals surface area contributed by atoms with Gasteiger partial charge < -0.3 is 19.6 Å². The van der Waals surface area contributed by atoms with Gasteiger partial charge in [0.2, 0.25) is 0 Å². The van der Waals surface area contributed by atoms with Crippen LogP contribution in [0.15, 0.2) is 24.3 Å². The Balaban J connectivity index is 1.69. The number of ether oxygens (including phenoxy) is 1. The number of morpholine rings is 1. The highest BCUT2D eigenvalue weighted by Gasteiger charge is 2.37. The quantitative estimate of drug-likeness (QED) is 0.896. The lowest BCUT2D eigenvalue weighted by atomic mass is 10.1. The predicted octanol–water partition coefficient (Wildman–Crippen LogP) is 2.11. The van der Waals surface area contributed by atoms with Crippen molar-refractivity contribution in [2.45, 2.75) is 32.4 Å². The van der Waals surface area contributed by atoms with Crippen LogP contribution in [0, 0.1) is 12.8 Å². The van der Waals surface area contributed by atoms with Crippen molar-refractivity contribution < 1.29 is 19.4 Å². The molecule has 2 aliphatic rings. The zero-order valence-corrected chi connectivity index (χ0v) is 14.0. The molecule has 130 valence electrons. The average Bonchev–Trinajstić information content (AvgIpc) is 3.38. The number of hydrogen-bond donors (Lipinski definition) is 1. The monoisotopic (exact) mass is 332 g/mol. The molecule has 1 N–H and O–H groups in total. The Morgan fingerprint density at radius 2 is 2.17 bits per heavy atom. The Hall–Kier alpha value is -2.08. The fourth-order valence-corrected chi connectivity index (χ4v) is 3.19. The molecule has 6 heteroatoms. The van der Waals surface area contributed by atoms with Crippen LogP contribution in [0.4, 0.5) is 4.79 Å². The van der Waals surface area contributed by atoms with Gasteiger partial charge in [-0.3, -0.25) is 4.79 Å². The van der Waals surface area contributed by atoms with Crippen LogP contribution >= 0.6 is 0 Å². The summed E-state index contributed by atoms with van der Waals surface area (Å²) >= 11 is 0.